The molecule has 1 aromatic rings. The number of aromatic hydroxyl groups is 1. The first-order chi connectivity index (χ1) is 8.16. The Morgan fingerprint density at radius 2 is 2.12 bits per heavy atom. The van der Waals surface area contributed by atoms with Gasteiger partial charge in [0.2, 0.25) is 0 Å². The molecular formula is C12H14BrNO2S. The van der Waals surface area contributed by atoms with Gasteiger partial charge in [-0.15, -0.1) is 0 Å². The van der Waals surface area contributed by atoms with Crippen LogP contribution in [0.1, 0.15) is 23.2 Å². The second-order valence-corrected chi connectivity index (χ2v) is 6.11. The van der Waals surface area contributed by atoms with Crippen molar-refractivity contribution < 1.29 is 9.90 Å². The van der Waals surface area contributed by atoms with Crippen molar-refractivity contribution in [1.29, 1.82) is 0 Å². The van der Waals surface area contributed by atoms with E-state index in [-0.39, 0.29) is 17.7 Å². The van der Waals surface area contributed by atoms with Crippen LogP contribution >= 0.6 is 27.7 Å². The first-order valence-electron chi connectivity index (χ1n) is 5.54. The summed E-state index contributed by atoms with van der Waals surface area (Å²) in [6.07, 6.45) is 2.05. The standard InChI is InChI=1S/C12H14BrNO2S/c13-10-2-1-8(7-11(10)15)12(16)14-9-3-5-17-6-4-9/h1-2,7,9,15H,3-6H2,(H,14,16). The smallest absolute Gasteiger partial charge is 0.251 e. The summed E-state index contributed by atoms with van der Waals surface area (Å²) >= 11 is 5.12. The number of hydrogen-bond donors (Lipinski definition) is 2. The maximum Gasteiger partial charge on any atom is 0.251 e. The predicted octanol–water partition coefficient (Wildman–Crippen LogP) is 2.78. The lowest BCUT2D eigenvalue weighted by atomic mass is 10.1. The number of carbonyl (C=O) groups is 1. The van der Waals surface area contributed by atoms with Gasteiger partial charge >= 0.3 is 0 Å². The van der Waals surface area contributed by atoms with Gasteiger partial charge in [0, 0.05) is 11.6 Å². The van der Waals surface area contributed by atoms with Crippen LogP contribution in [0.15, 0.2) is 22.7 Å². The summed E-state index contributed by atoms with van der Waals surface area (Å²) in [4.78, 5) is 11.9. The van der Waals surface area contributed by atoms with Gasteiger partial charge in [0.15, 0.2) is 0 Å². The maximum absolute atomic E-state index is 11.9. The van der Waals surface area contributed by atoms with E-state index < -0.39 is 0 Å². The molecular weight excluding hydrogens is 302 g/mol. The molecule has 0 radical (unpaired) electrons. The van der Waals surface area contributed by atoms with Gasteiger partial charge in [-0.2, -0.15) is 11.8 Å². The third-order valence-corrected chi connectivity index (χ3v) is 4.48. The summed E-state index contributed by atoms with van der Waals surface area (Å²) in [5.41, 5.74) is 0.504. The maximum atomic E-state index is 11.9. The van der Waals surface area contributed by atoms with Crippen LogP contribution in [0.5, 0.6) is 5.75 Å². The summed E-state index contributed by atoms with van der Waals surface area (Å²) < 4.78 is 0.600. The molecule has 2 rings (SSSR count). The number of phenols is 1. The first-order valence-corrected chi connectivity index (χ1v) is 7.48. The molecule has 0 aliphatic carbocycles. The molecule has 2 N–H and O–H groups in total. The quantitative estimate of drug-likeness (QED) is 0.882. The van der Waals surface area contributed by atoms with Crippen LogP contribution < -0.4 is 5.32 Å². The van der Waals surface area contributed by atoms with Crippen molar-refractivity contribution in [3.63, 3.8) is 0 Å². The highest BCUT2D eigenvalue weighted by Gasteiger charge is 2.17. The number of hydrogen-bond acceptors (Lipinski definition) is 3. The zero-order chi connectivity index (χ0) is 12.3. The number of thioether (sulfide) groups is 1. The number of rotatable bonds is 2. The number of carbonyl (C=O) groups excluding carboxylic acids is 1. The van der Waals surface area contributed by atoms with E-state index in [9.17, 15) is 9.90 Å². The van der Waals surface area contributed by atoms with Gasteiger partial charge in [-0.05, 0) is 58.5 Å². The molecule has 1 amide bonds. The summed E-state index contributed by atoms with van der Waals surface area (Å²) in [5.74, 6) is 2.20. The van der Waals surface area contributed by atoms with Crippen molar-refractivity contribution in [2.75, 3.05) is 11.5 Å². The molecule has 1 saturated heterocycles. The van der Waals surface area contributed by atoms with E-state index in [4.69, 9.17) is 0 Å². The zero-order valence-corrected chi connectivity index (χ0v) is 11.7. The van der Waals surface area contributed by atoms with Gasteiger partial charge in [-0.1, -0.05) is 0 Å². The molecule has 0 unspecified atom stereocenters. The van der Waals surface area contributed by atoms with Crippen LogP contribution in [0.25, 0.3) is 0 Å². The Labute approximate surface area is 113 Å². The third kappa shape index (κ3) is 3.39. The summed E-state index contributed by atoms with van der Waals surface area (Å²) in [6, 6.07) is 5.14. The average Bonchev–Trinajstić information content (AvgIpc) is 2.34. The van der Waals surface area contributed by atoms with Crippen LogP contribution in [-0.2, 0) is 0 Å². The third-order valence-electron chi connectivity index (χ3n) is 2.76. The Kier molecular flexibility index (Phi) is 4.34. The topological polar surface area (TPSA) is 49.3 Å². The number of nitrogens with one attached hydrogen (secondary N) is 1. The second kappa shape index (κ2) is 5.78. The Balaban J connectivity index is 2.01. The second-order valence-electron chi connectivity index (χ2n) is 4.03. The van der Waals surface area contributed by atoms with Gasteiger partial charge in [-0.25, -0.2) is 0 Å². The first kappa shape index (κ1) is 12.8. The van der Waals surface area contributed by atoms with E-state index in [1.54, 1.807) is 12.1 Å². The zero-order valence-electron chi connectivity index (χ0n) is 9.28. The van der Waals surface area contributed by atoms with E-state index in [1.807, 2.05) is 11.8 Å². The van der Waals surface area contributed by atoms with Crippen LogP contribution in [0.2, 0.25) is 0 Å². The lowest BCUT2D eigenvalue weighted by Crippen LogP contribution is -2.37. The fourth-order valence-electron chi connectivity index (χ4n) is 1.76. The highest BCUT2D eigenvalue weighted by molar-refractivity contribution is 9.10. The van der Waals surface area contributed by atoms with Crippen molar-refractivity contribution in [1.82, 2.24) is 5.32 Å². The lowest BCUT2D eigenvalue weighted by Gasteiger charge is -2.22. The molecule has 0 aromatic heterocycles. The van der Waals surface area contributed by atoms with E-state index in [1.165, 1.54) is 6.07 Å². The Morgan fingerprint density at radius 1 is 1.41 bits per heavy atom. The molecule has 1 heterocycles. The van der Waals surface area contributed by atoms with Crippen LogP contribution in [0.3, 0.4) is 0 Å². The van der Waals surface area contributed by atoms with Crippen LogP contribution in [-0.4, -0.2) is 28.6 Å². The van der Waals surface area contributed by atoms with Crippen molar-refractivity contribution >= 4 is 33.6 Å². The van der Waals surface area contributed by atoms with E-state index >= 15 is 0 Å². The molecule has 3 nitrogen and oxygen atoms in total. The minimum absolute atomic E-state index is 0.0943. The Bertz CT molecular complexity index is 419. The minimum Gasteiger partial charge on any atom is -0.507 e. The molecule has 1 aliphatic heterocycles. The summed E-state index contributed by atoms with van der Waals surface area (Å²) in [5, 5.41) is 12.5. The SMILES string of the molecule is O=C(NC1CCSCC1)c1ccc(Br)c(O)c1. The average molecular weight is 316 g/mol. The number of halogens is 1. The molecule has 0 spiro atoms. The molecule has 92 valence electrons. The van der Waals surface area contributed by atoms with E-state index in [2.05, 4.69) is 21.2 Å². The Hall–Kier alpha value is -0.680. The molecule has 1 fully saturated rings. The fourth-order valence-corrected chi connectivity index (χ4v) is 3.12. The molecule has 0 bridgehead atoms. The molecule has 0 atom stereocenters. The summed E-state index contributed by atoms with van der Waals surface area (Å²) in [7, 11) is 0. The van der Waals surface area contributed by atoms with Crippen LogP contribution in [0, 0.1) is 0 Å². The van der Waals surface area contributed by atoms with Crippen molar-refractivity contribution in [2.24, 2.45) is 0 Å². The van der Waals surface area contributed by atoms with Crippen LogP contribution in [0.4, 0.5) is 0 Å². The van der Waals surface area contributed by atoms with Gasteiger partial charge in [0.1, 0.15) is 5.75 Å². The molecule has 5 heteroatoms. The highest BCUT2D eigenvalue weighted by atomic mass is 79.9. The van der Waals surface area contributed by atoms with E-state index in [0.29, 0.717) is 10.0 Å². The lowest BCUT2D eigenvalue weighted by molar-refractivity contribution is 0.0934. The molecule has 1 aromatic carbocycles. The predicted molar refractivity (Wildman–Crippen MR) is 73.6 cm³/mol. The van der Waals surface area contributed by atoms with Gasteiger partial charge in [0.25, 0.3) is 5.91 Å². The molecule has 1 aliphatic rings. The number of amides is 1. The molecule has 0 saturated carbocycles. The normalized spacial score (nSPS) is 16.8. The Morgan fingerprint density at radius 3 is 2.76 bits per heavy atom. The van der Waals surface area contributed by atoms with Crippen molar-refractivity contribution in [3.8, 4) is 5.75 Å². The minimum atomic E-state index is -0.107. The number of phenolic OH excluding ortho intramolecular Hbond substituents is 1. The number of benzene rings is 1. The van der Waals surface area contributed by atoms with Crippen molar-refractivity contribution in [3.05, 3.63) is 28.2 Å². The fraction of sp³-hybridized carbons (Fsp3) is 0.417. The van der Waals surface area contributed by atoms with E-state index in [0.717, 1.165) is 24.3 Å². The molecule has 17 heavy (non-hydrogen) atoms. The monoisotopic (exact) mass is 315 g/mol. The van der Waals surface area contributed by atoms with Crippen molar-refractivity contribution in [2.45, 2.75) is 18.9 Å². The van der Waals surface area contributed by atoms with Gasteiger partial charge in [0.05, 0.1) is 4.47 Å². The summed E-state index contributed by atoms with van der Waals surface area (Å²) in [6.45, 7) is 0. The van der Waals surface area contributed by atoms with Gasteiger partial charge in [-0.3, -0.25) is 4.79 Å². The highest BCUT2D eigenvalue weighted by Crippen LogP contribution is 2.24. The largest absolute Gasteiger partial charge is 0.507 e. The van der Waals surface area contributed by atoms with Gasteiger partial charge < -0.3 is 10.4 Å².